The maximum absolute atomic E-state index is 3.54. The lowest BCUT2D eigenvalue weighted by atomic mass is 10.1. The minimum atomic E-state index is 0.887. The van der Waals surface area contributed by atoms with Crippen LogP contribution in [0.25, 0.3) is 0 Å². The van der Waals surface area contributed by atoms with E-state index < -0.39 is 0 Å². The highest BCUT2D eigenvalue weighted by Crippen LogP contribution is 2.09. The standard InChI is InChI=1S/C22H24N2/c1-3-9-19(10-4-1)15-23-17-21-13-7-8-14-22(21)18-24-16-20-11-5-2-6-12-20/h1-14,23-24H,15-18H2. The van der Waals surface area contributed by atoms with Crippen molar-refractivity contribution in [1.82, 2.24) is 10.6 Å². The van der Waals surface area contributed by atoms with Gasteiger partial charge < -0.3 is 10.6 Å². The summed E-state index contributed by atoms with van der Waals surface area (Å²) in [5, 5.41) is 7.08. The zero-order valence-corrected chi connectivity index (χ0v) is 13.9. The molecular formula is C22H24N2. The highest BCUT2D eigenvalue weighted by atomic mass is 14.9. The Labute approximate surface area is 144 Å². The fraction of sp³-hybridized carbons (Fsp3) is 0.182. The van der Waals surface area contributed by atoms with Crippen molar-refractivity contribution in [3.63, 3.8) is 0 Å². The van der Waals surface area contributed by atoms with Crippen LogP contribution in [0.1, 0.15) is 22.3 Å². The molecule has 3 aromatic rings. The van der Waals surface area contributed by atoms with Crippen LogP contribution in [0.2, 0.25) is 0 Å². The molecule has 2 heteroatoms. The Kier molecular flexibility index (Phi) is 6.18. The van der Waals surface area contributed by atoms with E-state index in [1.807, 2.05) is 0 Å². The molecule has 0 spiro atoms. The van der Waals surface area contributed by atoms with Gasteiger partial charge in [0.15, 0.2) is 0 Å². The molecule has 0 bridgehead atoms. The Morgan fingerprint density at radius 3 is 1.21 bits per heavy atom. The molecule has 0 radical (unpaired) electrons. The zero-order chi connectivity index (χ0) is 16.5. The zero-order valence-electron chi connectivity index (χ0n) is 13.9. The molecule has 0 fully saturated rings. The van der Waals surface area contributed by atoms with E-state index in [2.05, 4.69) is 95.6 Å². The van der Waals surface area contributed by atoms with Gasteiger partial charge in [-0.25, -0.2) is 0 Å². The number of rotatable bonds is 8. The number of hydrogen-bond acceptors (Lipinski definition) is 2. The third-order valence-electron chi connectivity index (χ3n) is 4.09. The second kappa shape index (κ2) is 9.02. The lowest BCUT2D eigenvalue weighted by Gasteiger charge is -2.12. The third kappa shape index (κ3) is 5.05. The summed E-state index contributed by atoms with van der Waals surface area (Å²) in [5.41, 5.74) is 5.34. The minimum Gasteiger partial charge on any atom is -0.309 e. The van der Waals surface area contributed by atoms with E-state index in [9.17, 15) is 0 Å². The van der Waals surface area contributed by atoms with E-state index in [0.717, 1.165) is 26.2 Å². The molecule has 122 valence electrons. The van der Waals surface area contributed by atoms with E-state index in [1.54, 1.807) is 0 Å². The molecular weight excluding hydrogens is 292 g/mol. The summed E-state index contributed by atoms with van der Waals surface area (Å²) in [4.78, 5) is 0. The first-order chi connectivity index (χ1) is 11.9. The van der Waals surface area contributed by atoms with Crippen molar-refractivity contribution in [1.29, 1.82) is 0 Å². The van der Waals surface area contributed by atoms with Crippen molar-refractivity contribution in [2.75, 3.05) is 0 Å². The van der Waals surface area contributed by atoms with E-state index in [-0.39, 0.29) is 0 Å². The van der Waals surface area contributed by atoms with Crippen LogP contribution < -0.4 is 10.6 Å². The molecule has 24 heavy (non-hydrogen) atoms. The van der Waals surface area contributed by atoms with Crippen LogP contribution in [-0.4, -0.2) is 0 Å². The summed E-state index contributed by atoms with van der Waals surface area (Å²) in [6, 6.07) is 29.7. The Morgan fingerprint density at radius 1 is 0.417 bits per heavy atom. The SMILES string of the molecule is c1ccc(CNCc2ccccc2CNCc2ccccc2)cc1. The maximum Gasteiger partial charge on any atom is 0.0211 e. The van der Waals surface area contributed by atoms with Crippen molar-refractivity contribution in [2.45, 2.75) is 26.2 Å². The highest BCUT2D eigenvalue weighted by Gasteiger charge is 2.02. The average Bonchev–Trinajstić information content (AvgIpc) is 2.65. The fourth-order valence-electron chi connectivity index (χ4n) is 2.78. The van der Waals surface area contributed by atoms with Crippen LogP contribution in [0.3, 0.4) is 0 Å². The van der Waals surface area contributed by atoms with Gasteiger partial charge in [0, 0.05) is 26.2 Å². The van der Waals surface area contributed by atoms with Gasteiger partial charge in [-0.3, -0.25) is 0 Å². The van der Waals surface area contributed by atoms with Crippen LogP contribution in [0, 0.1) is 0 Å². The molecule has 0 amide bonds. The van der Waals surface area contributed by atoms with Crippen molar-refractivity contribution in [2.24, 2.45) is 0 Å². The molecule has 0 saturated carbocycles. The predicted octanol–water partition coefficient (Wildman–Crippen LogP) is 4.27. The second-order valence-electron chi connectivity index (χ2n) is 5.95. The van der Waals surface area contributed by atoms with Gasteiger partial charge in [0.25, 0.3) is 0 Å². The lowest BCUT2D eigenvalue weighted by Crippen LogP contribution is -2.17. The summed E-state index contributed by atoms with van der Waals surface area (Å²) < 4.78 is 0. The Hall–Kier alpha value is -2.42. The summed E-state index contributed by atoms with van der Waals surface area (Å²) in [7, 11) is 0. The quantitative estimate of drug-likeness (QED) is 0.648. The Balaban J connectivity index is 1.51. The molecule has 0 atom stereocenters. The Bertz CT molecular complexity index is 659. The largest absolute Gasteiger partial charge is 0.309 e. The van der Waals surface area contributed by atoms with E-state index in [1.165, 1.54) is 22.3 Å². The molecule has 2 nitrogen and oxygen atoms in total. The number of benzene rings is 3. The summed E-state index contributed by atoms with van der Waals surface area (Å²) in [5.74, 6) is 0. The first-order valence-electron chi connectivity index (χ1n) is 8.48. The molecule has 0 aliphatic carbocycles. The molecule has 0 unspecified atom stereocenters. The van der Waals surface area contributed by atoms with Gasteiger partial charge in [0.05, 0.1) is 0 Å². The monoisotopic (exact) mass is 316 g/mol. The van der Waals surface area contributed by atoms with Crippen LogP contribution >= 0.6 is 0 Å². The number of hydrogen-bond donors (Lipinski definition) is 2. The molecule has 0 aliphatic heterocycles. The molecule has 2 N–H and O–H groups in total. The summed E-state index contributed by atoms with van der Waals surface area (Å²) in [6.45, 7) is 3.56. The molecule has 0 aromatic heterocycles. The van der Waals surface area contributed by atoms with Gasteiger partial charge in [0.1, 0.15) is 0 Å². The van der Waals surface area contributed by atoms with Crippen LogP contribution in [0.5, 0.6) is 0 Å². The van der Waals surface area contributed by atoms with Gasteiger partial charge in [0.2, 0.25) is 0 Å². The molecule has 3 rings (SSSR count). The lowest BCUT2D eigenvalue weighted by molar-refractivity contribution is 0.660. The maximum atomic E-state index is 3.54. The summed E-state index contributed by atoms with van der Waals surface area (Å²) in [6.07, 6.45) is 0. The molecule has 0 heterocycles. The Morgan fingerprint density at radius 2 is 0.792 bits per heavy atom. The van der Waals surface area contributed by atoms with Crippen LogP contribution in [0.15, 0.2) is 84.9 Å². The molecule has 0 saturated heterocycles. The van der Waals surface area contributed by atoms with Crippen LogP contribution in [0.4, 0.5) is 0 Å². The van der Waals surface area contributed by atoms with Gasteiger partial charge >= 0.3 is 0 Å². The highest BCUT2D eigenvalue weighted by molar-refractivity contribution is 5.27. The van der Waals surface area contributed by atoms with E-state index >= 15 is 0 Å². The van der Waals surface area contributed by atoms with Gasteiger partial charge in [-0.2, -0.15) is 0 Å². The topological polar surface area (TPSA) is 24.1 Å². The van der Waals surface area contributed by atoms with Crippen LogP contribution in [-0.2, 0) is 26.2 Å². The van der Waals surface area contributed by atoms with Crippen molar-refractivity contribution < 1.29 is 0 Å². The first-order valence-corrected chi connectivity index (χ1v) is 8.48. The second-order valence-corrected chi connectivity index (χ2v) is 5.95. The molecule has 0 aliphatic rings. The molecule has 3 aromatic carbocycles. The first kappa shape index (κ1) is 16.4. The van der Waals surface area contributed by atoms with Gasteiger partial charge in [-0.15, -0.1) is 0 Å². The van der Waals surface area contributed by atoms with Gasteiger partial charge in [-0.1, -0.05) is 84.9 Å². The van der Waals surface area contributed by atoms with Gasteiger partial charge in [-0.05, 0) is 22.3 Å². The third-order valence-corrected chi connectivity index (χ3v) is 4.09. The van der Waals surface area contributed by atoms with E-state index in [4.69, 9.17) is 0 Å². The minimum absolute atomic E-state index is 0.887. The smallest absolute Gasteiger partial charge is 0.0211 e. The van der Waals surface area contributed by atoms with Crippen molar-refractivity contribution >= 4 is 0 Å². The van der Waals surface area contributed by atoms with E-state index in [0.29, 0.717) is 0 Å². The predicted molar refractivity (Wildman–Crippen MR) is 100 cm³/mol. The van der Waals surface area contributed by atoms with Crippen molar-refractivity contribution in [3.8, 4) is 0 Å². The normalized spacial score (nSPS) is 10.7. The summed E-state index contributed by atoms with van der Waals surface area (Å²) >= 11 is 0. The average molecular weight is 316 g/mol. The van der Waals surface area contributed by atoms with Crippen molar-refractivity contribution in [3.05, 3.63) is 107 Å². The fourth-order valence-corrected chi connectivity index (χ4v) is 2.78. The number of nitrogens with one attached hydrogen (secondary N) is 2.